The third-order valence-electron chi connectivity index (χ3n) is 5.70. The second kappa shape index (κ2) is 9.78. The Hall–Kier alpha value is -2.83. The molecule has 1 aliphatic carbocycles. The fourth-order valence-electron chi connectivity index (χ4n) is 4.12. The lowest BCUT2D eigenvalue weighted by atomic mass is 9.82. The highest BCUT2D eigenvalue weighted by Gasteiger charge is 2.26. The van der Waals surface area contributed by atoms with Gasteiger partial charge in [0.05, 0.1) is 11.3 Å². The number of benzene rings is 1. The number of aryl methyl sites for hydroxylation is 2. The van der Waals surface area contributed by atoms with Gasteiger partial charge in [-0.05, 0) is 68.2 Å². The van der Waals surface area contributed by atoms with Crippen LogP contribution in [0.4, 0.5) is 0 Å². The Labute approximate surface area is 175 Å². The number of rotatable bonds is 8. The van der Waals surface area contributed by atoms with Gasteiger partial charge in [0.2, 0.25) is 0 Å². The number of ether oxygens (including phenoxy) is 1. The fourth-order valence-corrected chi connectivity index (χ4v) is 4.12. The Morgan fingerprint density at radius 3 is 2.60 bits per heavy atom. The van der Waals surface area contributed by atoms with Crippen LogP contribution in [0.25, 0.3) is 11.0 Å². The molecule has 1 amide bonds. The van der Waals surface area contributed by atoms with Crippen LogP contribution in [-0.4, -0.2) is 30.1 Å². The van der Waals surface area contributed by atoms with E-state index in [1.165, 1.54) is 6.07 Å². The molecule has 162 valence electrons. The van der Waals surface area contributed by atoms with Crippen LogP contribution in [0.1, 0.15) is 50.2 Å². The van der Waals surface area contributed by atoms with Gasteiger partial charge in [0.25, 0.3) is 5.91 Å². The minimum absolute atomic E-state index is 0.131. The van der Waals surface area contributed by atoms with Crippen molar-refractivity contribution in [3.05, 3.63) is 39.7 Å². The minimum atomic E-state index is -0.727. The van der Waals surface area contributed by atoms with E-state index in [9.17, 15) is 14.4 Å². The summed E-state index contributed by atoms with van der Waals surface area (Å²) in [5, 5.41) is 12.7. The zero-order valence-corrected chi connectivity index (χ0v) is 17.5. The number of hydrogen-bond acceptors (Lipinski definition) is 5. The normalized spacial score (nSPS) is 18.9. The van der Waals surface area contributed by atoms with Gasteiger partial charge in [-0.3, -0.25) is 9.59 Å². The second-order valence-corrected chi connectivity index (χ2v) is 8.13. The smallest absolute Gasteiger partial charge is 0.336 e. The fraction of sp³-hybridized carbons (Fsp3) is 0.522. The maximum atomic E-state index is 12.3. The van der Waals surface area contributed by atoms with Crippen LogP contribution in [0.15, 0.2) is 27.4 Å². The van der Waals surface area contributed by atoms with Gasteiger partial charge < -0.3 is 19.6 Å². The standard InChI is InChI=1S/C23H29NO6/c1-3-4-17-11-21(26)30-19-10-14(2)9-18(22(17)19)29-13-20(25)24-12-15-5-7-16(8-6-15)23(27)28/h9-11,15-16H,3-8,12-13H2,1-2H3,(H,24,25)(H,27,28). The number of carbonyl (C=O) groups excluding carboxylic acids is 1. The number of aliphatic carboxylic acids is 1. The van der Waals surface area contributed by atoms with E-state index in [2.05, 4.69) is 5.32 Å². The Morgan fingerprint density at radius 2 is 1.93 bits per heavy atom. The zero-order chi connectivity index (χ0) is 21.7. The van der Waals surface area contributed by atoms with Gasteiger partial charge in [-0.15, -0.1) is 0 Å². The van der Waals surface area contributed by atoms with E-state index in [1.54, 1.807) is 6.07 Å². The Morgan fingerprint density at radius 1 is 1.20 bits per heavy atom. The summed E-state index contributed by atoms with van der Waals surface area (Å²) in [7, 11) is 0. The SMILES string of the molecule is CCCc1cc(=O)oc2cc(C)cc(OCC(=O)NCC3CCC(C(=O)O)CC3)c12. The van der Waals surface area contributed by atoms with E-state index in [0.717, 1.165) is 35.8 Å². The van der Waals surface area contributed by atoms with Crippen LogP contribution < -0.4 is 15.7 Å². The predicted molar refractivity (Wildman–Crippen MR) is 113 cm³/mol. The first-order chi connectivity index (χ1) is 14.4. The molecular weight excluding hydrogens is 386 g/mol. The molecule has 1 aromatic heterocycles. The lowest BCUT2D eigenvalue weighted by molar-refractivity contribution is -0.143. The number of carboxylic acids is 1. The minimum Gasteiger partial charge on any atom is -0.483 e. The molecule has 7 nitrogen and oxygen atoms in total. The molecule has 3 rings (SSSR count). The molecule has 0 bridgehead atoms. The number of carbonyl (C=O) groups is 2. The highest BCUT2D eigenvalue weighted by atomic mass is 16.5. The van der Waals surface area contributed by atoms with E-state index < -0.39 is 11.6 Å². The molecular formula is C23H29NO6. The summed E-state index contributed by atoms with van der Waals surface area (Å²) < 4.78 is 11.2. The summed E-state index contributed by atoms with van der Waals surface area (Å²) in [6.45, 7) is 4.31. The molecule has 2 N–H and O–H groups in total. The van der Waals surface area contributed by atoms with Gasteiger partial charge in [0.15, 0.2) is 6.61 Å². The van der Waals surface area contributed by atoms with Crippen molar-refractivity contribution >= 4 is 22.8 Å². The molecule has 0 radical (unpaired) electrons. The molecule has 1 saturated carbocycles. The van der Waals surface area contributed by atoms with E-state index in [4.69, 9.17) is 14.3 Å². The average Bonchev–Trinajstić information content (AvgIpc) is 2.70. The monoisotopic (exact) mass is 415 g/mol. The van der Waals surface area contributed by atoms with Crippen molar-refractivity contribution in [2.45, 2.75) is 52.4 Å². The van der Waals surface area contributed by atoms with Crippen LogP contribution in [0, 0.1) is 18.8 Å². The molecule has 0 atom stereocenters. The summed E-state index contributed by atoms with van der Waals surface area (Å²) in [5.74, 6) is -0.370. The summed E-state index contributed by atoms with van der Waals surface area (Å²) in [6, 6.07) is 5.14. The van der Waals surface area contributed by atoms with Crippen molar-refractivity contribution in [1.82, 2.24) is 5.32 Å². The van der Waals surface area contributed by atoms with Gasteiger partial charge in [-0.2, -0.15) is 0 Å². The summed E-state index contributed by atoms with van der Waals surface area (Å²) in [5.41, 5.74) is 1.81. The van der Waals surface area contributed by atoms with Crippen molar-refractivity contribution in [2.24, 2.45) is 11.8 Å². The summed E-state index contributed by atoms with van der Waals surface area (Å²) >= 11 is 0. The van der Waals surface area contributed by atoms with E-state index >= 15 is 0 Å². The van der Waals surface area contributed by atoms with E-state index in [-0.39, 0.29) is 18.4 Å². The van der Waals surface area contributed by atoms with Gasteiger partial charge in [0, 0.05) is 12.6 Å². The Kier molecular flexibility index (Phi) is 7.13. The molecule has 7 heteroatoms. The third-order valence-corrected chi connectivity index (χ3v) is 5.70. The van der Waals surface area contributed by atoms with Crippen molar-refractivity contribution in [2.75, 3.05) is 13.2 Å². The molecule has 0 saturated heterocycles. The Bertz CT molecular complexity index is 972. The van der Waals surface area contributed by atoms with Gasteiger partial charge in [-0.1, -0.05) is 13.3 Å². The van der Waals surface area contributed by atoms with Crippen LogP contribution in [0.3, 0.4) is 0 Å². The Balaban J connectivity index is 1.62. The molecule has 1 aromatic carbocycles. The topological polar surface area (TPSA) is 106 Å². The largest absolute Gasteiger partial charge is 0.483 e. The molecule has 1 aliphatic rings. The van der Waals surface area contributed by atoms with Gasteiger partial charge in [-0.25, -0.2) is 4.79 Å². The number of fused-ring (bicyclic) bond motifs is 1. The van der Waals surface area contributed by atoms with Crippen molar-refractivity contribution in [1.29, 1.82) is 0 Å². The van der Waals surface area contributed by atoms with Crippen molar-refractivity contribution < 1.29 is 23.8 Å². The molecule has 0 unspecified atom stereocenters. The first kappa shape index (κ1) is 21.9. The molecule has 0 aliphatic heterocycles. The quantitative estimate of drug-likeness (QED) is 0.640. The summed E-state index contributed by atoms with van der Waals surface area (Å²) in [6.07, 6.45) is 4.52. The highest BCUT2D eigenvalue weighted by Crippen LogP contribution is 2.31. The number of amides is 1. The first-order valence-electron chi connectivity index (χ1n) is 10.6. The lowest BCUT2D eigenvalue weighted by Gasteiger charge is -2.26. The lowest BCUT2D eigenvalue weighted by Crippen LogP contribution is -2.35. The molecule has 2 aromatic rings. The number of carboxylic acid groups (broad SMARTS) is 1. The highest BCUT2D eigenvalue weighted by molar-refractivity contribution is 5.88. The van der Waals surface area contributed by atoms with Gasteiger partial charge in [0.1, 0.15) is 11.3 Å². The molecule has 0 spiro atoms. The van der Waals surface area contributed by atoms with Crippen LogP contribution in [0.5, 0.6) is 5.75 Å². The first-order valence-corrected chi connectivity index (χ1v) is 10.6. The number of nitrogens with one attached hydrogen (secondary N) is 1. The predicted octanol–water partition coefficient (Wildman–Crippen LogP) is 3.44. The van der Waals surface area contributed by atoms with Crippen molar-refractivity contribution in [3.8, 4) is 5.75 Å². The van der Waals surface area contributed by atoms with E-state index in [0.29, 0.717) is 43.1 Å². The number of hydrogen-bond donors (Lipinski definition) is 2. The van der Waals surface area contributed by atoms with E-state index in [1.807, 2.05) is 19.9 Å². The maximum absolute atomic E-state index is 12.3. The molecule has 1 heterocycles. The third kappa shape index (κ3) is 5.40. The van der Waals surface area contributed by atoms with Crippen LogP contribution in [-0.2, 0) is 16.0 Å². The van der Waals surface area contributed by atoms with Crippen LogP contribution >= 0.6 is 0 Å². The zero-order valence-electron chi connectivity index (χ0n) is 17.5. The maximum Gasteiger partial charge on any atom is 0.336 e. The van der Waals surface area contributed by atoms with Crippen LogP contribution in [0.2, 0.25) is 0 Å². The van der Waals surface area contributed by atoms with Gasteiger partial charge >= 0.3 is 11.6 Å². The molecule has 30 heavy (non-hydrogen) atoms. The average molecular weight is 415 g/mol. The molecule has 1 fully saturated rings. The second-order valence-electron chi connectivity index (χ2n) is 8.13. The summed E-state index contributed by atoms with van der Waals surface area (Å²) in [4.78, 5) is 35.2. The van der Waals surface area contributed by atoms with Crippen molar-refractivity contribution in [3.63, 3.8) is 0 Å².